The van der Waals surface area contributed by atoms with Gasteiger partial charge in [-0.2, -0.15) is 22.0 Å². The highest BCUT2D eigenvalue weighted by Gasteiger charge is 2.34. The van der Waals surface area contributed by atoms with Gasteiger partial charge in [0.15, 0.2) is 0 Å². The number of aryl methyl sites for hydroxylation is 1. The fourth-order valence-electron chi connectivity index (χ4n) is 3.93. The van der Waals surface area contributed by atoms with Crippen LogP contribution in [-0.2, 0) is 22.1 Å². The first-order valence-corrected chi connectivity index (χ1v) is 12.7. The lowest BCUT2D eigenvalue weighted by Gasteiger charge is -2.18. The molecule has 1 unspecified atom stereocenters. The highest BCUT2D eigenvalue weighted by atomic mass is 19.4. The second-order valence-electron chi connectivity index (χ2n) is 9.46. The van der Waals surface area contributed by atoms with E-state index in [0.717, 1.165) is 5.56 Å². The number of ether oxygens (including phenoxy) is 2. The molecule has 0 aliphatic rings. The largest absolute Gasteiger partial charge is 0.462 e. The summed E-state index contributed by atoms with van der Waals surface area (Å²) in [5.41, 5.74) is 14.4. The third-order valence-corrected chi connectivity index (χ3v) is 6.12. The second-order valence-corrected chi connectivity index (χ2v) is 9.46. The molecule has 0 amide bonds. The molecule has 0 aliphatic carbocycles. The maximum Gasteiger partial charge on any atom is 0.426 e. The molecule has 0 aliphatic heterocycles. The molecule has 3 aromatic rings. The summed E-state index contributed by atoms with van der Waals surface area (Å²) >= 11 is 0. The van der Waals surface area contributed by atoms with Gasteiger partial charge in [-0.1, -0.05) is 37.3 Å². The number of benzene rings is 3. The van der Waals surface area contributed by atoms with Crippen LogP contribution >= 0.6 is 0 Å². The van der Waals surface area contributed by atoms with Crippen LogP contribution in [0.3, 0.4) is 0 Å². The molecule has 5 nitrogen and oxygen atoms in total. The number of nitrogen functional groups attached to an aromatic ring is 2. The Balaban J connectivity index is 1.48. The second kappa shape index (κ2) is 13.3. The number of unbranched alkanes of at least 4 members (excludes halogenated alkanes) is 1. The first-order chi connectivity index (χ1) is 18.8. The number of halogens is 5. The quantitative estimate of drug-likeness (QED) is 0.0780. The average molecular weight is 563 g/mol. The van der Waals surface area contributed by atoms with E-state index >= 15 is 0 Å². The smallest absolute Gasteiger partial charge is 0.426 e. The molecule has 3 rings (SSSR count). The van der Waals surface area contributed by atoms with E-state index in [1.54, 1.807) is 18.2 Å². The molecular weight excluding hydrogens is 531 g/mol. The molecule has 0 fully saturated rings. The summed E-state index contributed by atoms with van der Waals surface area (Å²) in [5, 5.41) is 0. The van der Waals surface area contributed by atoms with Gasteiger partial charge in [0.25, 0.3) is 0 Å². The number of nitrogens with two attached hydrogens (primary N) is 2. The Hall–Kier alpha value is -4.08. The van der Waals surface area contributed by atoms with Crippen molar-refractivity contribution >= 4 is 23.4 Å². The van der Waals surface area contributed by atoms with E-state index in [9.17, 15) is 26.7 Å². The number of anilines is 2. The monoisotopic (exact) mass is 562 g/mol. The van der Waals surface area contributed by atoms with Crippen LogP contribution in [-0.4, -0.2) is 18.8 Å². The predicted molar refractivity (Wildman–Crippen MR) is 145 cm³/mol. The predicted octanol–water partition coefficient (Wildman–Crippen LogP) is 7.61. The minimum atomic E-state index is -4.20. The fraction of sp³-hybridized carbons (Fsp3) is 0.300. The Bertz CT molecular complexity index is 1290. The van der Waals surface area contributed by atoms with Crippen molar-refractivity contribution in [2.24, 2.45) is 0 Å². The molecule has 214 valence electrons. The Morgan fingerprint density at radius 1 is 0.925 bits per heavy atom. The Labute approximate surface area is 229 Å². The van der Waals surface area contributed by atoms with Crippen molar-refractivity contribution in [2.75, 3.05) is 18.1 Å². The van der Waals surface area contributed by atoms with Gasteiger partial charge < -0.3 is 20.9 Å². The van der Waals surface area contributed by atoms with Gasteiger partial charge in [0.2, 0.25) is 0 Å². The van der Waals surface area contributed by atoms with Crippen LogP contribution in [0, 0.1) is 0 Å². The van der Waals surface area contributed by atoms with Gasteiger partial charge >= 0.3 is 18.3 Å². The van der Waals surface area contributed by atoms with Crippen LogP contribution in [0.25, 0.3) is 6.08 Å². The summed E-state index contributed by atoms with van der Waals surface area (Å²) in [6, 6.07) is 16.2. The van der Waals surface area contributed by atoms with Crippen molar-refractivity contribution in [1.29, 1.82) is 0 Å². The first kappa shape index (κ1) is 30.5. The number of alkyl halides is 5. The molecule has 0 heterocycles. The van der Waals surface area contributed by atoms with Crippen molar-refractivity contribution in [3.8, 4) is 5.75 Å². The summed E-state index contributed by atoms with van der Waals surface area (Å²) < 4.78 is 76.1. The van der Waals surface area contributed by atoms with Crippen LogP contribution in [0.5, 0.6) is 5.75 Å². The zero-order valence-corrected chi connectivity index (χ0v) is 21.9. The Morgan fingerprint density at radius 2 is 1.60 bits per heavy atom. The van der Waals surface area contributed by atoms with Crippen molar-refractivity contribution in [3.05, 3.63) is 95.1 Å². The maximum atomic E-state index is 14.6. The molecule has 40 heavy (non-hydrogen) atoms. The van der Waals surface area contributed by atoms with Crippen molar-refractivity contribution in [3.63, 3.8) is 0 Å². The van der Waals surface area contributed by atoms with Crippen LogP contribution in [0.2, 0.25) is 0 Å². The lowest BCUT2D eigenvalue weighted by Crippen LogP contribution is -2.21. The zero-order chi connectivity index (χ0) is 29.3. The van der Waals surface area contributed by atoms with E-state index in [0.29, 0.717) is 35.3 Å². The summed E-state index contributed by atoms with van der Waals surface area (Å²) in [6.07, 6.45) is -5.32. The first-order valence-electron chi connectivity index (χ1n) is 12.7. The lowest BCUT2D eigenvalue weighted by molar-refractivity contribution is -0.185. The van der Waals surface area contributed by atoms with Crippen LogP contribution in [0.1, 0.15) is 54.4 Å². The van der Waals surface area contributed by atoms with Gasteiger partial charge in [0.05, 0.1) is 12.2 Å². The van der Waals surface area contributed by atoms with Gasteiger partial charge in [-0.15, -0.1) is 0 Å². The van der Waals surface area contributed by atoms with Crippen molar-refractivity contribution < 1.29 is 36.2 Å². The number of carbonyl (C=O) groups excluding carboxylic acids is 1. The standard InChI is InChI=1S/C30H31F5N2O3/c1-20(26-15-12-24(36)18-27(26)37)19-39-28(38)16-9-22-7-13-25(14-8-22)40-30(34,35)23-10-5-21(6-11-23)4-2-3-17-29(31,32)33/h5-16,18,20H,2-4,17,19,36-37H2,1H3/b16-9+. The van der Waals surface area contributed by atoms with Gasteiger partial charge in [0.1, 0.15) is 5.75 Å². The number of hydrogen-bond acceptors (Lipinski definition) is 5. The van der Waals surface area contributed by atoms with Crippen molar-refractivity contribution in [2.45, 2.75) is 50.8 Å². The van der Waals surface area contributed by atoms with E-state index in [2.05, 4.69) is 0 Å². The molecule has 0 spiro atoms. The van der Waals surface area contributed by atoms with E-state index < -0.39 is 24.7 Å². The minimum absolute atomic E-state index is 0.0177. The summed E-state index contributed by atoms with van der Waals surface area (Å²) in [4.78, 5) is 12.1. The van der Waals surface area contributed by atoms with E-state index in [-0.39, 0.29) is 30.3 Å². The molecule has 0 saturated carbocycles. The molecule has 10 heteroatoms. The third-order valence-electron chi connectivity index (χ3n) is 6.12. The van der Waals surface area contributed by atoms with Crippen LogP contribution < -0.4 is 16.2 Å². The van der Waals surface area contributed by atoms with Crippen LogP contribution in [0.15, 0.2) is 72.8 Å². The highest BCUT2D eigenvalue weighted by molar-refractivity contribution is 5.87. The van der Waals surface area contributed by atoms with E-state index in [1.807, 2.05) is 6.92 Å². The van der Waals surface area contributed by atoms with Gasteiger partial charge in [0, 0.05) is 29.8 Å². The molecule has 0 saturated heterocycles. The Kier molecular flexibility index (Phi) is 10.1. The molecule has 0 bridgehead atoms. The SMILES string of the molecule is CC(COC(=O)/C=C/c1ccc(OC(F)(F)c2ccc(CCCCC(F)(F)F)cc2)cc1)c1ccc(N)cc1N. The molecule has 0 radical (unpaired) electrons. The average Bonchev–Trinajstić information content (AvgIpc) is 2.89. The number of hydrogen-bond donors (Lipinski definition) is 2. The van der Waals surface area contributed by atoms with Crippen LogP contribution in [0.4, 0.5) is 33.3 Å². The van der Waals surface area contributed by atoms with Gasteiger partial charge in [-0.25, -0.2) is 4.79 Å². The number of esters is 1. The fourth-order valence-corrected chi connectivity index (χ4v) is 3.93. The molecular formula is C30H31F5N2O3. The van der Waals surface area contributed by atoms with E-state index in [1.165, 1.54) is 60.7 Å². The van der Waals surface area contributed by atoms with Crippen molar-refractivity contribution in [1.82, 2.24) is 0 Å². The Morgan fingerprint density at radius 3 is 2.23 bits per heavy atom. The minimum Gasteiger partial charge on any atom is -0.462 e. The van der Waals surface area contributed by atoms with Gasteiger partial charge in [-0.05, 0) is 78.4 Å². The summed E-state index contributed by atoms with van der Waals surface area (Å²) in [7, 11) is 0. The van der Waals surface area contributed by atoms with Gasteiger partial charge in [-0.3, -0.25) is 0 Å². The highest BCUT2D eigenvalue weighted by Crippen LogP contribution is 2.32. The molecule has 4 N–H and O–H groups in total. The number of carbonyl (C=O) groups is 1. The maximum absolute atomic E-state index is 14.6. The lowest BCUT2D eigenvalue weighted by atomic mass is 10.00. The van der Waals surface area contributed by atoms with E-state index in [4.69, 9.17) is 20.9 Å². The molecule has 1 atom stereocenters. The normalized spacial score (nSPS) is 12.8. The number of rotatable bonds is 12. The zero-order valence-electron chi connectivity index (χ0n) is 21.9. The molecule has 0 aromatic heterocycles. The summed E-state index contributed by atoms with van der Waals surface area (Å²) in [5.74, 6) is -0.803. The topological polar surface area (TPSA) is 87.6 Å². The molecule has 3 aromatic carbocycles. The third kappa shape index (κ3) is 9.59. The summed E-state index contributed by atoms with van der Waals surface area (Å²) in [6.45, 7) is 1.97.